The molecule has 1 unspecified atom stereocenters. The van der Waals surface area contributed by atoms with Crippen LogP contribution in [0.1, 0.15) is 34.7 Å². The molecule has 98 valence electrons. The van der Waals surface area contributed by atoms with Crippen LogP contribution in [0, 0.1) is 0 Å². The Morgan fingerprint density at radius 3 is 2.79 bits per heavy atom. The second-order valence-electron chi connectivity index (χ2n) is 5.26. The van der Waals surface area contributed by atoms with Gasteiger partial charge in [0.1, 0.15) is 0 Å². The van der Waals surface area contributed by atoms with Gasteiger partial charge in [-0.2, -0.15) is 0 Å². The highest BCUT2D eigenvalue weighted by molar-refractivity contribution is 9.09. The van der Waals surface area contributed by atoms with Crippen molar-refractivity contribution in [3.05, 3.63) is 51.7 Å². The zero-order chi connectivity index (χ0) is 13.6. The molecule has 0 saturated carbocycles. The summed E-state index contributed by atoms with van der Waals surface area (Å²) in [6, 6.07) is 10.4. The Balaban J connectivity index is 2.04. The first-order chi connectivity index (χ1) is 9.00. The van der Waals surface area contributed by atoms with Gasteiger partial charge in [-0.15, -0.1) is 11.3 Å². The second kappa shape index (κ2) is 4.46. The van der Waals surface area contributed by atoms with Crippen LogP contribution in [0.25, 0.3) is 0 Å². The fourth-order valence-corrected chi connectivity index (χ4v) is 3.83. The Bertz CT molecular complexity index is 634. The number of rotatable bonds is 2. The third kappa shape index (κ3) is 2.03. The quantitative estimate of drug-likeness (QED) is 0.806. The Morgan fingerprint density at radius 1 is 1.32 bits per heavy atom. The topological polar surface area (TPSA) is 29.1 Å². The molecule has 1 aromatic carbocycles. The molecule has 1 amide bonds. The molecular weight excluding hydrogens is 322 g/mol. The second-order valence-corrected chi connectivity index (χ2v) is 7.16. The lowest BCUT2D eigenvalue weighted by Crippen LogP contribution is -2.26. The summed E-state index contributed by atoms with van der Waals surface area (Å²) in [4.78, 5) is 13.4. The fraction of sp³-hybridized carbons (Fsp3) is 0.267. The molecular formula is C15H14BrNOS. The van der Waals surface area contributed by atoms with Crippen molar-refractivity contribution in [1.29, 1.82) is 0 Å². The van der Waals surface area contributed by atoms with E-state index in [1.807, 2.05) is 19.9 Å². The first-order valence-electron chi connectivity index (χ1n) is 6.13. The number of benzene rings is 1. The zero-order valence-corrected chi connectivity index (χ0v) is 13.1. The number of anilines is 1. The number of fused-ring (bicyclic) bond motifs is 1. The maximum absolute atomic E-state index is 11.9. The van der Waals surface area contributed by atoms with E-state index in [0.717, 1.165) is 11.3 Å². The molecule has 0 aliphatic carbocycles. The number of alkyl halides is 1. The van der Waals surface area contributed by atoms with Gasteiger partial charge >= 0.3 is 0 Å². The molecule has 4 heteroatoms. The van der Waals surface area contributed by atoms with Crippen molar-refractivity contribution in [1.82, 2.24) is 0 Å². The highest BCUT2D eigenvalue weighted by Gasteiger charge is 2.38. The molecule has 1 aliphatic heterocycles. The smallest absolute Gasteiger partial charge is 0.234 e. The number of hydrogen-bond acceptors (Lipinski definition) is 2. The molecule has 0 fully saturated rings. The van der Waals surface area contributed by atoms with Gasteiger partial charge in [0, 0.05) is 10.6 Å². The minimum atomic E-state index is -0.451. The summed E-state index contributed by atoms with van der Waals surface area (Å²) in [5.41, 5.74) is 2.75. The van der Waals surface area contributed by atoms with Gasteiger partial charge in [0.15, 0.2) is 0 Å². The van der Waals surface area contributed by atoms with Crippen LogP contribution in [0.3, 0.4) is 0 Å². The van der Waals surface area contributed by atoms with Gasteiger partial charge in [-0.05, 0) is 42.5 Å². The van der Waals surface area contributed by atoms with E-state index in [2.05, 4.69) is 50.9 Å². The van der Waals surface area contributed by atoms with Gasteiger partial charge < -0.3 is 5.32 Å². The molecule has 2 aromatic rings. The standard InChI is InChI=1S/C15H14BrNOS/c1-15(2)10-8-9(5-6-11(10)17-14(15)18)13(16)12-4-3-7-19-12/h3-8,13H,1-2H3,(H,17,18). The van der Waals surface area contributed by atoms with Crippen LogP contribution in [-0.2, 0) is 10.2 Å². The third-order valence-corrected chi connectivity index (χ3v) is 5.88. The molecule has 1 N–H and O–H groups in total. The number of amides is 1. The number of halogens is 1. The maximum atomic E-state index is 11.9. The normalized spacial score (nSPS) is 17.9. The highest BCUT2D eigenvalue weighted by atomic mass is 79.9. The number of thiophene rings is 1. The van der Waals surface area contributed by atoms with Gasteiger partial charge in [-0.25, -0.2) is 0 Å². The van der Waals surface area contributed by atoms with E-state index in [9.17, 15) is 4.79 Å². The van der Waals surface area contributed by atoms with Crippen molar-refractivity contribution in [2.45, 2.75) is 24.1 Å². The van der Waals surface area contributed by atoms with Gasteiger partial charge in [0.2, 0.25) is 5.91 Å². The zero-order valence-electron chi connectivity index (χ0n) is 10.7. The van der Waals surface area contributed by atoms with Crippen LogP contribution >= 0.6 is 27.3 Å². The number of carbonyl (C=O) groups is 1. The van der Waals surface area contributed by atoms with Gasteiger partial charge in [0.05, 0.1) is 10.2 Å². The van der Waals surface area contributed by atoms with Crippen molar-refractivity contribution >= 4 is 38.9 Å². The van der Waals surface area contributed by atoms with Crippen LogP contribution in [0.15, 0.2) is 35.7 Å². The average Bonchev–Trinajstić information content (AvgIpc) is 2.98. The molecule has 0 bridgehead atoms. The van der Waals surface area contributed by atoms with E-state index >= 15 is 0 Å². The summed E-state index contributed by atoms with van der Waals surface area (Å²) < 4.78 is 0. The van der Waals surface area contributed by atoms with Crippen LogP contribution < -0.4 is 5.32 Å². The summed E-state index contributed by atoms with van der Waals surface area (Å²) in [7, 11) is 0. The molecule has 1 atom stereocenters. The van der Waals surface area contributed by atoms with Gasteiger partial charge in [-0.1, -0.05) is 34.1 Å². The summed E-state index contributed by atoms with van der Waals surface area (Å²) in [5.74, 6) is 0.0712. The largest absolute Gasteiger partial charge is 0.325 e. The van der Waals surface area contributed by atoms with Gasteiger partial charge in [-0.3, -0.25) is 4.79 Å². The Labute approximate surface area is 125 Å². The molecule has 0 saturated heterocycles. The van der Waals surface area contributed by atoms with E-state index in [1.54, 1.807) is 11.3 Å². The molecule has 3 rings (SSSR count). The predicted octanol–water partition coefficient (Wildman–Crippen LogP) is 4.46. The maximum Gasteiger partial charge on any atom is 0.234 e. The SMILES string of the molecule is CC1(C)C(=O)Nc2ccc(C(Br)c3cccs3)cc21. The predicted molar refractivity (Wildman–Crippen MR) is 83.2 cm³/mol. The summed E-state index contributed by atoms with van der Waals surface area (Å²) in [6.45, 7) is 3.93. The number of nitrogens with one attached hydrogen (secondary N) is 1. The molecule has 0 radical (unpaired) electrons. The third-order valence-electron chi connectivity index (χ3n) is 3.62. The Kier molecular flexibility index (Phi) is 3.02. The molecule has 19 heavy (non-hydrogen) atoms. The number of carbonyl (C=O) groups excluding carboxylic acids is 1. The van der Waals surface area contributed by atoms with Crippen LogP contribution in [0.4, 0.5) is 5.69 Å². The van der Waals surface area contributed by atoms with Crippen molar-refractivity contribution in [2.24, 2.45) is 0 Å². The van der Waals surface area contributed by atoms with Crippen molar-refractivity contribution in [3.63, 3.8) is 0 Å². The van der Waals surface area contributed by atoms with Crippen LogP contribution in [0.5, 0.6) is 0 Å². The number of hydrogen-bond donors (Lipinski definition) is 1. The van der Waals surface area contributed by atoms with E-state index in [1.165, 1.54) is 10.4 Å². The summed E-state index contributed by atoms with van der Waals surface area (Å²) in [5, 5.41) is 5.01. The van der Waals surface area contributed by atoms with Crippen molar-refractivity contribution in [2.75, 3.05) is 5.32 Å². The molecule has 2 heterocycles. The monoisotopic (exact) mass is 335 g/mol. The lowest BCUT2D eigenvalue weighted by atomic mass is 9.85. The molecule has 2 nitrogen and oxygen atoms in total. The Hall–Kier alpha value is -1.13. The summed E-state index contributed by atoms with van der Waals surface area (Å²) >= 11 is 5.47. The first-order valence-corrected chi connectivity index (χ1v) is 7.93. The van der Waals surface area contributed by atoms with E-state index < -0.39 is 5.41 Å². The highest BCUT2D eigenvalue weighted by Crippen LogP contribution is 2.41. The minimum absolute atomic E-state index is 0.0712. The van der Waals surface area contributed by atoms with Crippen molar-refractivity contribution in [3.8, 4) is 0 Å². The van der Waals surface area contributed by atoms with E-state index in [0.29, 0.717) is 0 Å². The molecule has 1 aliphatic rings. The fourth-order valence-electron chi connectivity index (χ4n) is 2.35. The lowest BCUT2D eigenvalue weighted by Gasteiger charge is -2.17. The van der Waals surface area contributed by atoms with Crippen molar-refractivity contribution < 1.29 is 4.79 Å². The molecule has 1 aromatic heterocycles. The van der Waals surface area contributed by atoms with Gasteiger partial charge in [0.25, 0.3) is 0 Å². The molecule has 0 spiro atoms. The Morgan fingerprint density at radius 2 is 2.11 bits per heavy atom. The van der Waals surface area contributed by atoms with Crippen LogP contribution in [-0.4, -0.2) is 5.91 Å². The first kappa shape index (κ1) is 12.9. The van der Waals surface area contributed by atoms with E-state index in [-0.39, 0.29) is 10.7 Å². The lowest BCUT2D eigenvalue weighted by molar-refractivity contribution is -0.119. The minimum Gasteiger partial charge on any atom is -0.325 e. The van der Waals surface area contributed by atoms with E-state index in [4.69, 9.17) is 0 Å². The average molecular weight is 336 g/mol. The summed E-state index contributed by atoms with van der Waals surface area (Å²) in [6.07, 6.45) is 0. The van der Waals surface area contributed by atoms with Crippen LogP contribution in [0.2, 0.25) is 0 Å².